The van der Waals surface area contributed by atoms with Gasteiger partial charge in [0, 0.05) is 11.1 Å². The molecule has 0 atom stereocenters. The smallest absolute Gasteiger partial charge is 0.411 e. The minimum Gasteiger partial charge on any atom is -0.505 e. The van der Waals surface area contributed by atoms with Crippen LogP contribution in [0.3, 0.4) is 0 Å². The van der Waals surface area contributed by atoms with Crippen molar-refractivity contribution in [3.8, 4) is 5.75 Å². The molecule has 2 N–H and O–H groups in total. The van der Waals surface area contributed by atoms with Gasteiger partial charge in [-0.2, -0.15) is 13.5 Å². The summed E-state index contributed by atoms with van der Waals surface area (Å²) in [4.78, 5) is 11.4. The van der Waals surface area contributed by atoms with Crippen molar-refractivity contribution in [3.63, 3.8) is 0 Å². The minimum absolute atomic E-state index is 0.00802. The molecular weight excluding hydrogens is 510 g/mol. The number of rotatable bonds is 9. The highest BCUT2D eigenvalue weighted by molar-refractivity contribution is 7.91. The number of phenols is 1. The van der Waals surface area contributed by atoms with Crippen molar-refractivity contribution in [2.45, 2.75) is 30.1 Å². The summed E-state index contributed by atoms with van der Waals surface area (Å²) in [6.45, 7) is 3.58. The number of amides is 1. The van der Waals surface area contributed by atoms with E-state index in [1.807, 2.05) is 0 Å². The van der Waals surface area contributed by atoms with Crippen LogP contribution >= 0.6 is 0 Å². The van der Waals surface area contributed by atoms with E-state index < -0.39 is 36.7 Å². The zero-order valence-electron chi connectivity index (χ0n) is 19.8. The summed E-state index contributed by atoms with van der Waals surface area (Å²) in [5, 5.41) is 21.8. The number of carbonyl (C=O) groups is 1. The minimum atomic E-state index is -4.33. The average molecular weight is 536 g/mol. The highest BCUT2D eigenvalue weighted by Crippen LogP contribution is 2.42. The maximum Gasteiger partial charge on any atom is 0.411 e. The van der Waals surface area contributed by atoms with E-state index in [2.05, 4.69) is 19.7 Å². The quantitative estimate of drug-likeness (QED) is 0.284. The lowest BCUT2D eigenvalue weighted by Gasteiger charge is -2.12. The summed E-state index contributed by atoms with van der Waals surface area (Å²) in [5.74, 6) is -0.467. The topological polar surface area (TPSA) is 161 Å². The number of anilines is 1. The van der Waals surface area contributed by atoms with E-state index >= 15 is 0 Å². The van der Waals surface area contributed by atoms with Crippen LogP contribution in [0, 0.1) is 0 Å². The molecule has 0 aliphatic heterocycles. The Labute approximate surface area is 208 Å². The maximum absolute atomic E-state index is 12.6. The van der Waals surface area contributed by atoms with Gasteiger partial charge in [-0.05, 0) is 67.3 Å². The highest BCUT2D eigenvalue weighted by atomic mass is 32.2. The Kier molecular flexibility index (Phi) is 8.28. The second-order valence-corrected chi connectivity index (χ2v) is 11.3. The lowest BCUT2D eigenvalue weighted by atomic mass is 10.1. The zero-order valence-corrected chi connectivity index (χ0v) is 21.4. The summed E-state index contributed by atoms with van der Waals surface area (Å²) in [5.41, 5.74) is 0.187. The summed E-state index contributed by atoms with van der Waals surface area (Å²) in [6, 6.07) is 11.3. The van der Waals surface area contributed by atoms with E-state index in [4.69, 9.17) is 4.74 Å². The number of fused-ring (bicyclic) bond motifs is 1. The van der Waals surface area contributed by atoms with Crippen LogP contribution in [0.2, 0.25) is 0 Å². The fourth-order valence-corrected chi connectivity index (χ4v) is 5.45. The molecule has 192 valence electrons. The Morgan fingerprint density at radius 2 is 1.69 bits per heavy atom. The van der Waals surface area contributed by atoms with Gasteiger partial charge in [-0.1, -0.05) is 6.92 Å². The summed E-state index contributed by atoms with van der Waals surface area (Å²) in [7, 11) is -6.78. The van der Waals surface area contributed by atoms with Gasteiger partial charge in [-0.3, -0.25) is 9.50 Å². The summed E-state index contributed by atoms with van der Waals surface area (Å²) >= 11 is 0. The molecule has 1 amide bonds. The Morgan fingerprint density at radius 3 is 2.31 bits per heavy atom. The molecule has 0 radical (unpaired) electrons. The number of benzene rings is 3. The van der Waals surface area contributed by atoms with E-state index in [0.717, 1.165) is 7.11 Å². The molecule has 0 aromatic heterocycles. The number of nitrogens with zero attached hydrogens (tertiary/aromatic N) is 2. The number of azo groups is 1. The van der Waals surface area contributed by atoms with Gasteiger partial charge in [0.25, 0.3) is 10.1 Å². The largest absolute Gasteiger partial charge is 0.505 e. The number of phenolic OH excluding ortho intramolecular Hbond substituents is 1. The molecule has 0 bridgehead atoms. The molecule has 3 aromatic rings. The first-order chi connectivity index (χ1) is 17.0. The molecule has 13 heteroatoms. The third-order valence-corrected chi connectivity index (χ3v) is 8.22. The molecule has 11 nitrogen and oxygen atoms in total. The fourth-order valence-electron chi connectivity index (χ4n) is 3.31. The van der Waals surface area contributed by atoms with Crippen LogP contribution in [-0.4, -0.2) is 47.5 Å². The number of aromatic hydroxyl groups is 1. The molecule has 0 saturated heterocycles. The Hall–Kier alpha value is -3.55. The van der Waals surface area contributed by atoms with Crippen LogP contribution in [-0.2, 0) is 28.9 Å². The summed E-state index contributed by atoms with van der Waals surface area (Å²) < 4.78 is 59.1. The van der Waals surface area contributed by atoms with Crippen LogP contribution in [0.25, 0.3) is 10.8 Å². The molecule has 0 saturated carbocycles. The first kappa shape index (κ1) is 27.0. The number of nitrogens with one attached hydrogen (secondary N) is 1. The van der Waals surface area contributed by atoms with Crippen LogP contribution in [0.15, 0.2) is 68.6 Å². The Bertz CT molecular complexity index is 1520. The van der Waals surface area contributed by atoms with E-state index in [1.54, 1.807) is 13.8 Å². The van der Waals surface area contributed by atoms with Gasteiger partial charge in [-0.15, -0.1) is 5.11 Å². The van der Waals surface area contributed by atoms with E-state index in [-0.39, 0.29) is 39.4 Å². The van der Waals surface area contributed by atoms with Crippen LogP contribution in [0.5, 0.6) is 5.75 Å². The van der Waals surface area contributed by atoms with Crippen molar-refractivity contribution in [2.24, 2.45) is 10.2 Å². The lowest BCUT2D eigenvalue weighted by Crippen LogP contribution is -2.13. The maximum atomic E-state index is 12.6. The number of carbonyl (C=O) groups excluding carboxylic acids is 1. The van der Waals surface area contributed by atoms with Gasteiger partial charge in [0.1, 0.15) is 10.6 Å². The molecule has 0 fully saturated rings. The Morgan fingerprint density at radius 1 is 1.00 bits per heavy atom. The van der Waals surface area contributed by atoms with Gasteiger partial charge >= 0.3 is 6.09 Å². The predicted molar refractivity (Wildman–Crippen MR) is 133 cm³/mol. The summed E-state index contributed by atoms with van der Waals surface area (Å²) in [6.07, 6.45) is -0.216. The van der Waals surface area contributed by atoms with Crippen LogP contribution < -0.4 is 5.32 Å². The lowest BCUT2D eigenvalue weighted by molar-refractivity contribution is 0.168. The molecule has 0 aliphatic rings. The molecule has 3 rings (SSSR count). The number of ether oxygens (including phenoxy) is 1. The number of sulfone groups is 1. The molecule has 0 heterocycles. The fraction of sp³-hybridized carbons (Fsp3) is 0.261. The highest BCUT2D eigenvalue weighted by Gasteiger charge is 2.24. The van der Waals surface area contributed by atoms with E-state index in [9.17, 15) is 26.7 Å². The van der Waals surface area contributed by atoms with Crippen LogP contribution in [0.1, 0.15) is 20.3 Å². The third kappa shape index (κ3) is 5.98. The zero-order chi connectivity index (χ0) is 26.5. The van der Waals surface area contributed by atoms with Gasteiger partial charge in [0.15, 0.2) is 15.6 Å². The SMILES string of the molecule is CCCS(=O)(=O)c1ccc(N=Nc2c(S(=O)(=O)OC)cc3cc(NC(=O)OCC)ccc3c2O)cc1. The van der Waals surface area contributed by atoms with Crippen molar-refractivity contribution in [1.29, 1.82) is 0 Å². The van der Waals surface area contributed by atoms with Crippen LogP contribution in [0.4, 0.5) is 21.9 Å². The van der Waals surface area contributed by atoms with Gasteiger partial charge in [0.2, 0.25) is 0 Å². The molecule has 0 unspecified atom stereocenters. The number of hydrogen-bond acceptors (Lipinski definition) is 10. The average Bonchev–Trinajstić information content (AvgIpc) is 2.83. The molecule has 0 aliphatic carbocycles. The molecular formula is C23H25N3O8S2. The second kappa shape index (κ2) is 11.0. The first-order valence-electron chi connectivity index (χ1n) is 10.8. The van der Waals surface area contributed by atoms with Gasteiger partial charge < -0.3 is 9.84 Å². The second-order valence-electron chi connectivity index (χ2n) is 7.49. The van der Waals surface area contributed by atoms with Crippen molar-refractivity contribution in [1.82, 2.24) is 0 Å². The van der Waals surface area contributed by atoms with Gasteiger partial charge in [-0.25, -0.2) is 13.2 Å². The normalized spacial score (nSPS) is 12.2. The van der Waals surface area contributed by atoms with E-state index in [0.29, 0.717) is 12.1 Å². The standard InChI is InChI=1S/C23H25N3O8S2/c1-4-12-35(29,30)18-9-6-16(7-10-18)25-26-21-20(36(31,32)33-3)14-15-13-17(24-23(28)34-5-2)8-11-19(15)22(21)27/h6-11,13-14,27H,4-5,12H2,1-3H3,(H,24,28). The molecule has 3 aromatic carbocycles. The third-order valence-electron chi connectivity index (χ3n) is 5.00. The molecule has 0 spiro atoms. The van der Waals surface area contributed by atoms with Gasteiger partial charge in [0.05, 0.1) is 30.1 Å². The van der Waals surface area contributed by atoms with Crippen molar-refractivity contribution >= 4 is 53.9 Å². The van der Waals surface area contributed by atoms with Crippen molar-refractivity contribution in [3.05, 3.63) is 48.5 Å². The molecule has 36 heavy (non-hydrogen) atoms. The van der Waals surface area contributed by atoms with Crippen molar-refractivity contribution in [2.75, 3.05) is 24.8 Å². The predicted octanol–water partition coefficient (Wildman–Crippen LogP) is 5.05. The Balaban J connectivity index is 2.06. The van der Waals surface area contributed by atoms with E-state index in [1.165, 1.54) is 48.5 Å². The monoisotopic (exact) mass is 535 g/mol. The first-order valence-corrected chi connectivity index (χ1v) is 13.9. The van der Waals surface area contributed by atoms with Crippen molar-refractivity contribution < 1.29 is 35.7 Å². The number of hydrogen-bond donors (Lipinski definition) is 2.